The summed E-state index contributed by atoms with van der Waals surface area (Å²) in [5, 5.41) is 17.8. The normalized spacial score (nSPS) is 9.70. The summed E-state index contributed by atoms with van der Waals surface area (Å²) < 4.78 is 0.454. The van der Waals surface area contributed by atoms with Crippen LogP contribution in [0.25, 0.3) is 0 Å². The number of hydrogen-bond acceptors (Lipinski definition) is 3. The van der Waals surface area contributed by atoms with Crippen molar-refractivity contribution in [1.82, 2.24) is 15.4 Å². The zero-order valence-electron chi connectivity index (χ0n) is 4.83. The van der Waals surface area contributed by atoms with Crippen LogP contribution >= 0.6 is 15.9 Å². The van der Waals surface area contributed by atoms with Crippen LogP contribution in [0.5, 0.6) is 0 Å². The van der Waals surface area contributed by atoms with Gasteiger partial charge in [0, 0.05) is 0 Å². The average Bonchev–Trinajstić information content (AvgIpc) is 2.15. The molecule has 10 heavy (non-hydrogen) atoms. The first-order chi connectivity index (χ1) is 4.70. The summed E-state index contributed by atoms with van der Waals surface area (Å²) in [5.74, 6) is -0.922. The highest BCUT2D eigenvalue weighted by molar-refractivity contribution is 9.10. The Bertz CT molecular complexity index is 246. The van der Waals surface area contributed by atoms with E-state index in [0.29, 0.717) is 10.3 Å². The van der Waals surface area contributed by atoms with Gasteiger partial charge in [-0.1, -0.05) is 0 Å². The monoisotopic (exact) mass is 205 g/mol. The molecule has 1 heterocycles. The standard InChI is InChI=1S/C4H4BrN3O2/c5-4-2(1-3(9)10)6-8-7-4/h1H2,(H,9,10)(H,6,7,8). The van der Waals surface area contributed by atoms with Crippen molar-refractivity contribution in [1.29, 1.82) is 0 Å². The topological polar surface area (TPSA) is 78.9 Å². The minimum atomic E-state index is -0.922. The summed E-state index contributed by atoms with van der Waals surface area (Å²) in [6.07, 6.45) is -0.114. The number of hydrogen-bond donors (Lipinski definition) is 2. The predicted molar refractivity (Wildman–Crippen MR) is 35.4 cm³/mol. The smallest absolute Gasteiger partial charge is 0.309 e. The van der Waals surface area contributed by atoms with Crippen molar-refractivity contribution in [3.63, 3.8) is 0 Å². The first kappa shape index (κ1) is 7.20. The maximum atomic E-state index is 10.1. The molecule has 0 unspecified atom stereocenters. The molecular weight excluding hydrogens is 202 g/mol. The van der Waals surface area contributed by atoms with Crippen LogP contribution < -0.4 is 0 Å². The minimum absolute atomic E-state index is 0.114. The second kappa shape index (κ2) is 2.78. The van der Waals surface area contributed by atoms with E-state index in [4.69, 9.17) is 5.11 Å². The van der Waals surface area contributed by atoms with Gasteiger partial charge in [0.05, 0.1) is 6.42 Å². The Morgan fingerprint density at radius 3 is 2.80 bits per heavy atom. The van der Waals surface area contributed by atoms with Crippen LogP contribution in [0.15, 0.2) is 4.60 Å². The highest BCUT2D eigenvalue weighted by Gasteiger charge is 2.07. The Morgan fingerprint density at radius 2 is 2.40 bits per heavy atom. The third kappa shape index (κ3) is 1.53. The minimum Gasteiger partial charge on any atom is -0.481 e. The van der Waals surface area contributed by atoms with Gasteiger partial charge in [-0.3, -0.25) is 4.79 Å². The second-order valence-corrected chi connectivity index (χ2v) is 2.38. The number of nitrogens with one attached hydrogen (secondary N) is 1. The van der Waals surface area contributed by atoms with Crippen molar-refractivity contribution < 1.29 is 9.90 Å². The number of carbonyl (C=O) groups is 1. The van der Waals surface area contributed by atoms with E-state index in [9.17, 15) is 4.79 Å². The Morgan fingerprint density at radius 1 is 1.70 bits per heavy atom. The first-order valence-corrected chi connectivity index (χ1v) is 3.26. The summed E-state index contributed by atoms with van der Waals surface area (Å²) in [6, 6.07) is 0. The summed E-state index contributed by atoms with van der Waals surface area (Å²) in [5.41, 5.74) is 0.410. The van der Waals surface area contributed by atoms with Crippen LogP contribution in [0.3, 0.4) is 0 Å². The van der Waals surface area contributed by atoms with Gasteiger partial charge in [0.15, 0.2) is 4.60 Å². The van der Waals surface area contributed by atoms with E-state index in [1.807, 2.05) is 0 Å². The van der Waals surface area contributed by atoms with E-state index in [1.165, 1.54) is 0 Å². The Kier molecular flexibility index (Phi) is 2.00. The van der Waals surface area contributed by atoms with Crippen LogP contribution in [0.2, 0.25) is 0 Å². The molecule has 0 aliphatic carbocycles. The van der Waals surface area contributed by atoms with E-state index >= 15 is 0 Å². The third-order valence-corrected chi connectivity index (χ3v) is 1.52. The van der Waals surface area contributed by atoms with Crippen LogP contribution in [0, 0.1) is 0 Å². The fourth-order valence-corrected chi connectivity index (χ4v) is 0.804. The zero-order chi connectivity index (χ0) is 7.56. The van der Waals surface area contributed by atoms with Crippen LogP contribution in [0.1, 0.15) is 5.69 Å². The molecule has 0 bridgehead atoms. The SMILES string of the molecule is O=C(O)Cc1n[nH]nc1Br. The second-order valence-electron chi connectivity index (χ2n) is 1.63. The van der Waals surface area contributed by atoms with Gasteiger partial charge in [-0.2, -0.15) is 10.3 Å². The number of carboxylic acid groups (broad SMARTS) is 1. The summed E-state index contributed by atoms with van der Waals surface area (Å²) >= 11 is 3.03. The van der Waals surface area contributed by atoms with Gasteiger partial charge in [0.1, 0.15) is 5.69 Å². The molecule has 2 N–H and O–H groups in total. The van der Waals surface area contributed by atoms with Crippen molar-refractivity contribution in [2.45, 2.75) is 6.42 Å². The molecule has 0 saturated heterocycles. The lowest BCUT2D eigenvalue weighted by atomic mass is 10.3. The zero-order valence-corrected chi connectivity index (χ0v) is 6.42. The molecule has 0 saturated carbocycles. The van der Waals surface area contributed by atoms with Crippen molar-refractivity contribution in [2.75, 3.05) is 0 Å². The molecule has 1 rings (SSSR count). The van der Waals surface area contributed by atoms with E-state index in [-0.39, 0.29) is 6.42 Å². The van der Waals surface area contributed by atoms with E-state index in [2.05, 4.69) is 31.3 Å². The van der Waals surface area contributed by atoms with Gasteiger partial charge in [0.25, 0.3) is 0 Å². The van der Waals surface area contributed by atoms with E-state index < -0.39 is 5.97 Å². The van der Waals surface area contributed by atoms with Gasteiger partial charge in [-0.25, -0.2) is 0 Å². The lowest BCUT2D eigenvalue weighted by molar-refractivity contribution is -0.136. The summed E-state index contributed by atoms with van der Waals surface area (Å²) in [7, 11) is 0. The number of rotatable bonds is 2. The molecule has 0 aromatic carbocycles. The van der Waals surface area contributed by atoms with Gasteiger partial charge < -0.3 is 5.11 Å². The number of aromatic nitrogens is 3. The number of H-pyrrole nitrogens is 1. The molecule has 0 amide bonds. The van der Waals surface area contributed by atoms with Gasteiger partial charge >= 0.3 is 5.97 Å². The average molecular weight is 206 g/mol. The van der Waals surface area contributed by atoms with Crippen LogP contribution in [-0.2, 0) is 11.2 Å². The molecule has 0 aliphatic heterocycles. The molecular formula is C4H4BrN3O2. The fraction of sp³-hybridized carbons (Fsp3) is 0.250. The number of carboxylic acids is 1. The Balaban J connectivity index is 2.74. The maximum Gasteiger partial charge on any atom is 0.309 e. The predicted octanol–water partition coefficient (Wildman–Crippen LogP) is 0.194. The van der Waals surface area contributed by atoms with Gasteiger partial charge in [0.2, 0.25) is 0 Å². The van der Waals surface area contributed by atoms with Crippen LogP contribution in [0.4, 0.5) is 0 Å². The highest BCUT2D eigenvalue weighted by Crippen LogP contribution is 2.08. The molecule has 0 spiro atoms. The van der Waals surface area contributed by atoms with Gasteiger partial charge in [-0.05, 0) is 15.9 Å². The van der Waals surface area contributed by atoms with Crippen LogP contribution in [-0.4, -0.2) is 26.5 Å². The number of nitrogens with zero attached hydrogens (tertiary/aromatic N) is 2. The summed E-state index contributed by atoms with van der Waals surface area (Å²) in [6.45, 7) is 0. The molecule has 6 heteroatoms. The lowest BCUT2D eigenvalue weighted by Gasteiger charge is -1.86. The van der Waals surface area contributed by atoms with E-state index in [0.717, 1.165) is 0 Å². The number of halogens is 1. The fourth-order valence-electron chi connectivity index (χ4n) is 0.496. The molecule has 0 radical (unpaired) electrons. The molecule has 5 nitrogen and oxygen atoms in total. The highest BCUT2D eigenvalue weighted by atomic mass is 79.9. The molecule has 0 fully saturated rings. The first-order valence-electron chi connectivity index (χ1n) is 2.47. The van der Waals surface area contributed by atoms with Crippen molar-refractivity contribution in [3.8, 4) is 0 Å². The molecule has 1 aromatic heterocycles. The lowest BCUT2D eigenvalue weighted by Crippen LogP contribution is -2.00. The number of aromatic amines is 1. The van der Waals surface area contributed by atoms with Crippen molar-refractivity contribution in [2.24, 2.45) is 0 Å². The molecule has 0 aliphatic rings. The largest absolute Gasteiger partial charge is 0.481 e. The molecule has 1 aromatic rings. The van der Waals surface area contributed by atoms with E-state index in [1.54, 1.807) is 0 Å². The number of aliphatic carboxylic acids is 1. The molecule has 54 valence electrons. The van der Waals surface area contributed by atoms with Crippen molar-refractivity contribution >= 4 is 21.9 Å². The van der Waals surface area contributed by atoms with Crippen molar-refractivity contribution in [3.05, 3.63) is 10.3 Å². The third-order valence-electron chi connectivity index (χ3n) is 0.890. The van der Waals surface area contributed by atoms with Gasteiger partial charge in [-0.15, -0.1) is 5.10 Å². The Hall–Kier alpha value is -0.910. The summed E-state index contributed by atoms with van der Waals surface area (Å²) in [4.78, 5) is 10.1. The Labute approximate surface area is 64.6 Å². The maximum absolute atomic E-state index is 10.1. The quantitative estimate of drug-likeness (QED) is 0.723. The molecule has 0 atom stereocenters.